The molecule has 0 aromatic heterocycles. The standard InChI is InChI=1S/C18H24N2O3/c1-3-18(2)13-23-11-10-20(18)17(22)14-6-4-7-15(12-14)19-9-5-8-16(19)21/h4,6-7,12H,3,5,8-11,13H2,1-2H3/t18-/m1/s1. The van der Waals surface area contributed by atoms with E-state index in [0.29, 0.717) is 31.7 Å². The second kappa shape index (κ2) is 6.32. The Balaban J connectivity index is 1.86. The molecule has 1 aromatic carbocycles. The van der Waals surface area contributed by atoms with Crippen LogP contribution in [0.4, 0.5) is 5.69 Å². The fourth-order valence-corrected chi connectivity index (χ4v) is 3.32. The molecule has 0 aliphatic carbocycles. The Kier molecular flexibility index (Phi) is 4.39. The molecule has 23 heavy (non-hydrogen) atoms. The maximum absolute atomic E-state index is 13.0. The van der Waals surface area contributed by atoms with Gasteiger partial charge in [0.25, 0.3) is 5.91 Å². The van der Waals surface area contributed by atoms with Crippen molar-refractivity contribution < 1.29 is 14.3 Å². The van der Waals surface area contributed by atoms with Gasteiger partial charge in [-0.2, -0.15) is 0 Å². The summed E-state index contributed by atoms with van der Waals surface area (Å²) >= 11 is 0. The number of carbonyl (C=O) groups is 2. The van der Waals surface area contributed by atoms with Crippen LogP contribution >= 0.6 is 0 Å². The zero-order valence-electron chi connectivity index (χ0n) is 13.9. The third-order valence-corrected chi connectivity index (χ3v) is 5.01. The normalized spacial score (nSPS) is 25.0. The third-order valence-electron chi connectivity index (χ3n) is 5.01. The van der Waals surface area contributed by atoms with Crippen molar-refractivity contribution in [3.63, 3.8) is 0 Å². The molecule has 0 unspecified atom stereocenters. The number of ether oxygens (including phenoxy) is 1. The van der Waals surface area contributed by atoms with Crippen molar-refractivity contribution in [3.05, 3.63) is 29.8 Å². The van der Waals surface area contributed by atoms with Crippen molar-refractivity contribution in [2.24, 2.45) is 0 Å². The Hall–Kier alpha value is -1.88. The first-order valence-corrected chi connectivity index (χ1v) is 8.35. The third kappa shape index (κ3) is 2.98. The highest BCUT2D eigenvalue weighted by Gasteiger charge is 2.37. The quantitative estimate of drug-likeness (QED) is 0.860. The van der Waals surface area contributed by atoms with Gasteiger partial charge < -0.3 is 14.5 Å². The molecule has 2 fully saturated rings. The van der Waals surface area contributed by atoms with Gasteiger partial charge in [-0.05, 0) is 38.0 Å². The summed E-state index contributed by atoms with van der Waals surface area (Å²) in [5.74, 6) is 0.158. The summed E-state index contributed by atoms with van der Waals surface area (Å²) in [6.07, 6.45) is 2.33. The zero-order valence-corrected chi connectivity index (χ0v) is 13.9. The lowest BCUT2D eigenvalue weighted by atomic mass is 9.95. The van der Waals surface area contributed by atoms with E-state index in [1.807, 2.05) is 29.2 Å². The van der Waals surface area contributed by atoms with Crippen LogP contribution in [0.25, 0.3) is 0 Å². The number of hydrogen-bond donors (Lipinski definition) is 0. The number of benzene rings is 1. The van der Waals surface area contributed by atoms with Crippen LogP contribution in [0.15, 0.2) is 24.3 Å². The Bertz CT molecular complexity index is 616. The smallest absolute Gasteiger partial charge is 0.254 e. The topological polar surface area (TPSA) is 49.9 Å². The van der Waals surface area contributed by atoms with Gasteiger partial charge in [0.2, 0.25) is 5.91 Å². The molecular formula is C18H24N2O3. The van der Waals surface area contributed by atoms with Gasteiger partial charge >= 0.3 is 0 Å². The van der Waals surface area contributed by atoms with Gasteiger partial charge in [-0.3, -0.25) is 9.59 Å². The molecule has 124 valence electrons. The highest BCUT2D eigenvalue weighted by molar-refractivity contribution is 5.99. The highest BCUT2D eigenvalue weighted by Crippen LogP contribution is 2.27. The van der Waals surface area contributed by atoms with Crippen LogP contribution in [0.1, 0.15) is 43.5 Å². The molecular weight excluding hydrogens is 292 g/mol. The summed E-state index contributed by atoms with van der Waals surface area (Å²) in [6.45, 7) is 6.63. The number of anilines is 1. The molecule has 2 heterocycles. The van der Waals surface area contributed by atoms with E-state index in [2.05, 4.69) is 13.8 Å². The first kappa shape index (κ1) is 16.0. The van der Waals surface area contributed by atoms with Gasteiger partial charge in [0.05, 0.1) is 18.8 Å². The molecule has 1 atom stereocenters. The minimum Gasteiger partial charge on any atom is -0.377 e. The maximum atomic E-state index is 13.0. The lowest BCUT2D eigenvalue weighted by Crippen LogP contribution is -2.57. The summed E-state index contributed by atoms with van der Waals surface area (Å²) in [4.78, 5) is 28.6. The Morgan fingerprint density at radius 3 is 2.87 bits per heavy atom. The molecule has 0 bridgehead atoms. The van der Waals surface area contributed by atoms with Crippen LogP contribution in [-0.2, 0) is 9.53 Å². The average Bonchev–Trinajstić information content (AvgIpc) is 3.01. The molecule has 1 aromatic rings. The van der Waals surface area contributed by atoms with Gasteiger partial charge in [0.1, 0.15) is 0 Å². The van der Waals surface area contributed by atoms with Crippen molar-refractivity contribution in [1.82, 2.24) is 4.90 Å². The van der Waals surface area contributed by atoms with E-state index in [-0.39, 0.29) is 17.4 Å². The van der Waals surface area contributed by atoms with Gasteiger partial charge in [0, 0.05) is 30.8 Å². The summed E-state index contributed by atoms with van der Waals surface area (Å²) in [7, 11) is 0. The lowest BCUT2D eigenvalue weighted by molar-refractivity contribution is -0.117. The summed E-state index contributed by atoms with van der Waals surface area (Å²) in [6, 6.07) is 7.44. The predicted octanol–water partition coefficient (Wildman–Crippen LogP) is 2.45. The minimum atomic E-state index is -0.269. The first-order valence-electron chi connectivity index (χ1n) is 8.35. The molecule has 5 nitrogen and oxygen atoms in total. The van der Waals surface area contributed by atoms with Crippen LogP contribution in [0, 0.1) is 0 Å². The van der Waals surface area contributed by atoms with Gasteiger partial charge in [-0.15, -0.1) is 0 Å². The molecule has 2 aliphatic heterocycles. The van der Waals surface area contributed by atoms with Crippen LogP contribution in [0.5, 0.6) is 0 Å². The number of carbonyl (C=O) groups excluding carboxylic acids is 2. The van der Waals surface area contributed by atoms with E-state index in [4.69, 9.17) is 4.74 Å². The van der Waals surface area contributed by atoms with Crippen LogP contribution in [0.2, 0.25) is 0 Å². The van der Waals surface area contributed by atoms with Crippen molar-refractivity contribution >= 4 is 17.5 Å². The molecule has 2 amide bonds. The van der Waals surface area contributed by atoms with E-state index in [1.54, 1.807) is 4.90 Å². The van der Waals surface area contributed by atoms with Gasteiger partial charge in [0.15, 0.2) is 0 Å². The number of amides is 2. The highest BCUT2D eigenvalue weighted by atomic mass is 16.5. The molecule has 5 heteroatoms. The van der Waals surface area contributed by atoms with E-state index < -0.39 is 0 Å². The SMILES string of the molecule is CC[C@]1(C)COCCN1C(=O)c1cccc(N2CCCC2=O)c1. The van der Waals surface area contributed by atoms with E-state index in [1.165, 1.54) is 0 Å². The predicted molar refractivity (Wildman–Crippen MR) is 88.6 cm³/mol. The largest absolute Gasteiger partial charge is 0.377 e. The average molecular weight is 316 g/mol. The Morgan fingerprint density at radius 2 is 2.17 bits per heavy atom. The van der Waals surface area contributed by atoms with Crippen molar-refractivity contribution in [2.75, 3.05) is 31.2 Å². The van der Waals surface area contributed by atoms with Crippen molar-refractivity contribution in [2.45, 2.75) is 38.6 Å². The number of rotatable bonds is 3. The molecule has 0 radical (unpaired) electrons. The second-order valence-corrected chi connectivity index (χ2v) is 6.56. The number of nitrogens with zero attached hydrogens (tertiary/aromatic N) is 2. The molecule has 2 saturated heterocycles. The Labute approximate surface area is 137 Å². The molecule has 2 aliphatic rings. The maximum Gasteiger partial charge on any atom is 0.254 e. The van der Waals surface area contributed by atoms with Crippen molar-refractivity contribution in [3.8, 4) is 0 Å². The van der Waals surface area contributed by atoms with E-state index in [0.717, 1.165) is 25.1 Å². The fourth-order valence-electron chi connectivity index (χ4n) is 3.32. The van der Waals surface area contributed by atoms with E-state index >= 15 is 0 Å². The molecule has 0 spiro atoms. The lowest BCUT2D eigenvalue weighted by Gasteiger charge is -2.44. The molecule has 0 saturated carbocycles. The van der Waals surface area contributed by atoms with Crippen LogP contribution < -0.4 is 4.90 Å². The van der Waals surface area contributed by atoms with E-state index in [9.17, 15) is 9.59 Å². The van der Waals surface area contributed by atoms with Crippen LogP contribution in [-0.4, -0.2) is 48.6 Å². The molecule has 0 N–H and O–H groups in total. The monoisotopic (exact) mass is 316 g/mol. The summed E-state index contributed by atoms with van der Waals surface area (Å²) < 4.78 is 5.56. The van der Waals surface area contributed by atoms with Crippen molar-refractivity contribution in [1.29, 1.82) is 0 Å². The molecule has 3 rings (SSSR count). The van der Waals surface area contributed by atoms with Gasteiger partial charge in [-0.25, -0.2) is 0 Å². The second-order valence-electron chi connectivity index (χ2n) is 6.56. The summed E-state index contributed by atoms with van der Waals surface area (Å²) in [5.41, 5.74) is 1.20. The minimum absolute atomic E-state index is 0.0196. The number of hydrogen-bond acceptors (Lipinski definition) is 3. The van der Waals surface area contributed by atoms with Crippen LogP contribution in [0.3, 0.4) is 0 Å². The van der Waals surface area contributed by atoms with Gasteiger partial charge in [-0.1, -0.05) is 13.0 Å². The summed E-state index contributed by atoms with van der Waals surface area (Å²) in [5, 5.41) is 0. The fraction of sp³-hybridized carbons (Fsp3) is 0.556. The first-order chi connectivity index (χ1) is 11.0. The zero-order chi connectivity index (χ0) is 16.4. The number of morpholine rings is 1. The Morgan fingerprint density at radius 1 is 1.35 bits per heavy atom.